The molecule has 1 N–H and O–H groups in total. The van der Waals surface area contributed by atoms with Gasteiger partial charge in [0.15, 0.2) is 11.6 Å². The minimum Gasteiger partial charge on any atom is -0.489 e. The summed E-state index contributed by atoms with van der Waals surface area (Å²) in [7, 11) is 0. The molecule has 1 aliphatic heterocycles. The van der Waals surface area contributed by atoms with Gasteiger partial charge >= 0.3 is 0 Å². The molecule has 5 heteroatoms. The fourth-order valence-corrected chi connectivity index (χ4v) is 4.19. The smallest absolute Gasteiger partial charge is 0.165 e. The van der Waals surface area contributed by atoms with Crippen molar-refractivity contribution in [3.8, 4) is 5.75 Å². The van der Waals surface area contributed by atoms with Crippen LogP contribution in [0.4, 0.5) is 4.39 Å². The highest BCUT2D eigenvalue weighted by Crippen LogP contribution is 2.17. The third-order valence-corrected chi connectivity index (χ3v) is 5.16. The average Bonchev–Trinajstić information content (AvgIpc) is 2.65. The van der Waals surface area contributed by atoms with E-state index in [0.717, 1.165) is 18.1 Å². The Hall–Kier alpha value is -0.390. The molecule has 1 fully saturated rings. The van der Waals surface area contributed by atoms with E-state index in [1.54, 1.807) is 18.2 Å². The number of benzene rings is 1. The van der Waals surface area contributed by atoms with E-state index in [9.17, 15) is 4.39 Å². The van der Waals surface area contributed by atoms with Crippen LogP contribution in [0.1, 0.15) is 0 Å². The topological polar surface area (TPSA) is 21.3 Å². The van der Waals surface area contributed by atoms with Gasteiger partial charge < -0.3 is 10.1 Å². The first-order chi connectivity index (χ1) is 8.86. The minimum absolute atomic E-state index is 0.293. The van der Waals surface area contributed by atoms with Crippen LogP contribution in [0.2, 0.25) is 0 Å². The Morgan fingerprint density at radius 3 is 2.67 bits per heavy atom. The van der Waals surface area contributed by atoms with Gasteiger partial charge in [-0.05, 0) is 12.1 Å². The predicted molar refractivity (Wildman–Crippen MR) is 78.3 cm³/mol. The summed E-state index contributed by atoms with van der Waals surface area (Å²) in [6, 6.07) is 7.07. The number of ether oxygens (including phenoxy) is 1. The lowest BCUT2D eigenvalue weighted by Gasteiger charge is -2.15. The van der Waals surface area contributed by atoms with Crippen molar-refractivity contribution in [2.75, 3.05) is 36.2 Å². The Balaban J connectivity index is 1.65. The van der Waals surface area contributed by atoms with E-state index in [1.807, 2.05) is 23.5 Å². The number of halogens is 1. The van der Waals surface area contributed by atoms with Crippen LogP contribution in [-0.4, -0.2) is 42.2 Å². The van der Waals surface area contributed by atoms with E-state index >= 15 is 0 Å². The number of hydrogen-bond donors (Lipinski definition) is 1. The molecular formula is C13H18FNOS2. The van der Waals surface area contributed by atoms with Crippen LogP contribution >= 0.6 is 23.5 Å². The summed E-state index contributed by atoms with van der Waals surface area (Å²) in [5.41, 5.74) is 0. The molecule has 2 nitrogen and oxygen atoms in total. The first kappa shape index (κ1) is 14.0. The summed E-state index contributed by atoms with van der Waals surface area (Å²) >= 11 is 3.99. The first-order valence-corrected chi connectivity index (χ1v) is 8.43. The Bertz CT molecular complexity index is 357. The molecule has 1 heterocycles. The highest BCUT2D eigenvalue weighted by molar-refractivity contribution is 8.03. The molecule has 0 spiro atoms. The highest BCUT2D eigenvalue weighted by atomic mass is 32.2. The number of hydrogen-bond acceptors (Lipinski definition) is 4. The Kier molecular flexibility index (Phi) is 6.17. The highest BCUT2D eigenvalue weighted by Gasteiger charge is 2.11. The molecule has 0 radical (unpaired) electrons. The molecule has 2 rings (SSSR count). The minimum atomic E-state index is -0.293. The van der Waals surface area contributed by atoms with Gasteiger partial charge in [-0.25, -0.2) is 4.39 Å². The summed E-state index contributed by atoms with van der Waals surface area (Å²) in [6.07, 6.45) is 0. The van der Waals surface area contributed by atoms with Crippen LogP contribution in [-0.2, 0) is 0 Å². The van der Waals surface area contributed by atoms with Gasteiger partial charge in [-0.1, -0.05) is 12.1 Å². The lowest BCUT2D eigenvalue weighted by molar-refractivity contribution is 0.295. The molecule has 18 heavy (non-hydrogen) atoms. The number of rotatable bonds is 5. The zero-order chi connectivity index (χ0) is 12.6. The van der Waals surface area contributed by atoms with Gasteiger partial charge in [-0.2, -0.15) is 23.5 Å². The second-order valence-electron chi connectivity index (χ2n) is 4.08. The van der Waals surface area contributed by atoms with Crippen molar-refractivity contribution in [1.82, 2.24) is 5.32 Å². The predicted octanol–water partition coefficient (Wildman–Crippen LogP) is 2.64. The van der Waals surface area contributed by atoms with Crippen molar-refractivity contribution in [3.63, 3.8) is 0 Å². The van der Waals surface area contributed by atoms with Gasteiger partial charge in [0.25, 0.3) is 0 Å². The molecule has 1 aliphatic rings. The molecular weight excluding hydrogens is 269 g/mol. The van der Waals surface area contributed by atoms with Crippen LogP contribution in [0, 0.1) is 5.82 Å². The zero-order valence-electron chi connectivity index (χ0n) is 10.2. The molecule has 1 aromatic carbocycles. The first-order valence-electron chi connectivity index (χ1n) is 6.12. The van der Waals surface area contributed by atoms with Gasteiger partial charge in [0, 0.05) is 35.6 Å². The van der Waals surface area contributed by atoms with Crippen molar-refractivity contribution >= 4 is 23.5 Å². The summed E-state index contributed by atoms with van der Waals surface area (Å²) in [5, 5.41) is 3.46. The molecule has 0 amide bonds. The normalized spacial score (nSPS) is 17.4. The van der Waals surface area contributed by atoms with Gasteiger partial charge in [0.05, 0.1) is 0 Å². The lowest BCUT2D eigenvalue weighted by atomic mass is 10.3. The lowest BCUT2D eigenvalue weighted by Crippen LogP contribution is -2.36. The quantitative estimate of drug-likeness (QED) is 0.840. The largest absolute Gasteiger partial charge is 0.489 e. The maximum Gasteiger partial charge on any atom is 0.165 e. The number of nitrogens with one attached hydrogen (secondary N) is 1. The van der Waals surface area contributed by atoms with Crippen molar-refractivity contribution < 1.29 is 9.13 Å². The molecule has 1 aromatic rings. The van der Waals surface area contributed by atoms with Crippen LogP contribution in [0.5, 0.6) is 5.75 Å². The van der Waals surface area contributed by atoms with E-state index in [0.29, 0.717) is 18.4 Å². The third kappa shape index (κ3) is 4.71. The Morgan fingerprint density at radius 1 is 1.22 bits per heavy atom. The molecule has 0 saturated carbocycles. The molecule has 0 atom stereocenters. The second-order valence-corrected chi connectivity index (χ2v) is 6.38. The van der Waals surface area contributed by atoms with Gasteiger partial charge in [-0.15, -0.1) is 0 Å². The molecule has 0 aliphatic carbocycles. The summed E-state index contributed by atoms with van der Waals surface area (Å²) in [5.74, 6) is 4.85. The Morgan fingerprint density at radius 2 is 1.94 bits per heavy atom. The summed E-state index contributed by atoms with van der Waals surface area (Å²) in [4.78, 5) is 0. The van der Waals surface area contributed by atoms with Crippen LogP contribution < -0.4 is 10.1 Å². The summed E-state index contributed by atoms with van der Waals surface area (Å²) in [6.45, 7) is 1.27. The monoisotopic (exact) mass is 287 g/mol. The molecule has 0 unspecified atom stereocenters. The number of thioether (sulfide) groups is 2. The van der Waals surface area contributed by atoms with E-state index in [1.165, 1.54) is 17.6 Å². The van der Waals surface area contributed by atoms with Gasteiger partial charge in [0.2, 0.25) is 0 Å². The van der Waals surface area contributed by atoms with Crippen molar-refractivity contribution in [3.05, 3.63) is 30.1 Å². The fourth-order valence-electron chi connectivity index (χ4n) is 1.72. The SMILES string of the molecule is Fc1ccccc1OCCNC1CSCCSC1. The fraction of sp³-hybridized carbons (Fsp3) is 0.538. The van der Waals surface area contributed by atoms with Crippen LogP contribution in [0.15, 0.2) is 24.3 Å². The maximum atomic E-state index is 13.3. The maximum absolute atomic E-state index is 13.3. The van der Waals surface area contributed by atoms with Crippen molar-refractivity contribution in [2.24, 2.45) is 0 Å². The van der Waals surface area contributed by atoms with E-state index in [2.05, 4.69) is 5.32 Å². The Labute approximate surface area is 116 Å². The zero-order valence-corrected chi connectivity index (χ0v) is 11.9. The van der Waals surface area contributed by atoms with Crippen LogP contribution in [0.3, 0.4) is 0 Å². The average molecular weight is 287 g/mol. The van der Waals surface area contributed by atoms with Crippen molar-refractivity contribution in [1.29, 1.82) is 0 Å². The van der Waals surface area contributed by atoms with Gasteiger partial charge in [0.1, 0.15) is 6.61 Å². The second kappa shape index (κ2) is 7.92. The number of para-hydroxylation sites is 1. The van der Waals surface area contributed by atoms with Crippen molar-refractivity contribution in [2.45, 2.75) is 6.04 Å². The van der Waals surface area contributed by atoms with Crippen LogP contribution in [0.25, 0.3) is 0 Å². The van der Waals surface area contributed by atoms with Gasteiger partial charge in [-0.3, -0.25) is 0 Å². The molecule has 0 aromatic heterocycles. The van der Waals surface area contributed by atoms with E-state index < -0.39 is 0 Å². The molecule has 0 bridgehead atoms. The standard InChI is InChI=1S/C13H18FNOS2/c14-12-3-1-2-4-13(12)16-6-5-15-11-9-17-7-8-18-10-11/h1-4,11,15H,5-10H2. The molecule has 100 valence electrons. The van der Waals surface area contributed by atoms with E-state index in [-0.39, 0.29) is 5.82 Å². The molecule has 1 saturated heterocycles. The third-order valence-electron chi connectivity index (χ3n) is 2.64. The summed E-state index contributed by atoms with van der Waals surface area (Å²) < 4.78 is 18.7. The van der Waals surface area contributed by atoms with E-state index in [4.69, 9.17) is 4.74 Å².